The summed E-state index contributed by atoms with van der Waals surface area (Å²) in [5.74, 6) is 2.49. The first kappa shape index (κ1) is 15.9. The zero-order valence-corrected chi connectivity index (χ0v) is 12.4. The van der Waals surface area contributed by atoms with Gasteiger partial charge in [-0.25, -0.2) is 4.98 Å². The van der Waals surface area contributed by atoms with Crippen LogP contribution in [0.4, 0.5) is 0 Å². The number of Topliss-reactive ketones (excluding diaryl/α,β-unsaturated/α-hetero) is 1. The molecule has 0 bridgehead atoms. The van der Waals surface area contributed by atoms with Crippen molar-refractivity contribution in [3.8, 4) is 0 Å². The molecule has 0 spiro atoms. The Morgan fingerprint density at radius 1 is 1.37 bits per heavy atom. The predicted molar refractivity (Wildman–Crippen MR) is 77.8 cm³/mol. The van der Waals surface area contributed by atoms with Crippen LogP contribution in [0.2, 0.25) is 0 Å². The summed E-state index contributed by atoms with van der Waals surface area (Å²) in [6, 6.07) is 0. The van der Waals surface area contributed by atoms with Crippen LogP contribution in [-0.4, -0.2) is 21.9 Å². The molecule has 19 heavy (non-hydrogen) atoms. The SMILES string of the molecule is CC(C)C(CCN)CCC(=O)CCc1nccn1C. The van der Waals surface area contributed by atoms with Gasteiger partial charge in [0.15, 0.2) is 0 Å². The summed E-state index contributed by atoms with van der Waals surface area (Å²) in [6.45, 7) is 5.13. The molecule has 1 unspecified atom stereocenters. The van der Waals surface area contributed by atoms with E-state index < -0.39 is 0 Å². The second-order valence-electron chi connectivity index (χ2n) is 5.61. The molecule has 4 heteroatoms. The van der Waals surface area contributed by atoms with Gasteiger partial charge in [0, 0.05) is 38.7 Å². The predicted octanol–water partition coefficient (Wildman–Crippen LogP) is 2.32. The summed E-state index contributed by atoms with van der Waals surface area (Å²) in [4.78, 5) is 16.1. The molecule has 108 valence electrons. The number of rotatable bonds is 9. The summed E-state index contributed by atoms with van der Waals surface area (Å²) in [5, 5.41) is 0. The fourth-order valence-corrected chi connectivity index (χ4v) is 2.39. The monoisotopic (exact) mass is 265 g/mol. The molecule has 0 radical (unpaired) electrons. The Labute approximate surface area is 116 Å². The van der Waals surface area contributed by atoms with Crippen molar-refractivity contribution in [1.29, 1.82) is 0 Å². The third-order valence-corrected chi connectivity index (χ3v) is 3.82. The number of aromatic nitrogens is 2. The molecule has 1 rings (SSSR count). The summed E-state index contributed by atoms with van der Waals surface area (Å²) >= 11 is 0. The van der Waals surface area contributed by atoms with Gasteiger partial charge in [-0.1, -0.05) is 13.8 Å². The first-order chi connectivity index (χ1) is 9.04. The van der Waals surface area contributed by atoms with E-state index in [1.807, 2.05) is 17.8 Å². The molecular weight excluding hydrogens is 238 g/mol. The highest BCUT2D eigenvalue weighted by atomic mass is 16.1. The van der Waals surface area contributed by atoms with E-state index in [9.17, 15) is 4.79 Å². The van der Waals surface area contributed by atoms with Crippen LogP contribution in [0.5, 0.6) is 0 Å². The highest BCUT2D eigenvalue weighted by Gasteiger charge is 2.14. The number of nitrogens with two attached hydrogens (primary N) is 1. The largest absolute Gasteiger partial charge is 0.338 e. The molecule has 0 saturated heterocycles. The molecule has 4 nitrogen and oxygen atoms in total. The van der Waals surface area contributed by atoms with Crippen molar-refractivity contribution >= 4 is 5.78 Å². The van der Waals surface area contributed by atoms with Gasteiger partial charge in [-0.3, -0.25) is 4.79 Å². The fraction of sp³-hybridized carbons (Fsp3) is 0.733. The molecule has 1 heterocycles. The molecule has 0 aliphatic heterocycles. The molecule has 1 aromatic rings. The molecule has 1 atom stereocenters. The van der Waals surface area contributed by atoms with Crippen molar-refractivity contribution in [1.82, 2.24) is 9.55 Å². The average Bonchev–Trinajstić information content (AvgIpc) is 2.77. The van der Waals surface area contributed by atoms with Crippen LogP contribution in [0, 0.1) is 11.8 Å². The highest BCUT2D eigenvalue weighted by Crippen LogP contribution is 2.21. The smallest absolute Gasteiger partial charge is 0.133 e. The van der Waals surface area contributed by atoms with Crippen molar-refractivity contribution in [2.75, 3.05) is 6.54 Å². The standard InChI is InChI=1S/C15H27N3O/c1-12(2)13(8-9-16)4-5-14(19)6-7-15-17-10-11-18(15)3/h10-13H,4-9,16H2,1-3H3. The van der Waals surface area contributed by atoms with Crippen LogP contribution in [-0.2, 0) is 18.3 Å². The van der Waals surface area contributed by atoms with Crippen LogP contribution in [0.3, 0.4) is 0 Å². The Morgan fingerprint density at radius 3 is 2.63 bits per heavy atom. The number of nitrogens with zero attached hydrogens (tertiary/aromatic N) is 2. The van der Waals surface area contributed by atoms with Gasteiger partial charge in [-0.05, 0) is 31.2 Å². The van der Waals surface area contributed by atoms with Gasteiger partial charge in [-0.15, -0.1) is 0 Å². The molecule has 0 aliphatic rings. The number of carbonyl (C=O) groups excluding carboxylic acids is 1. The Kier molecular flexibility index (Phi) is 6.78. The maximum atomic E-state index is 11.9. The first-order valence-corrected chi connectivity index (χ1v) is 7.22. The molecule has 0 amide bonds. The van der Waals surface area contributed by atoms with Crippen LogP contribution < -0.4 is 5.73 Å². The van der Waals surface area contributed by atoms with E-state index in [0.29, 0.717) is 37.0 Å². The second kappa shape index (κ2) is 8.10. The van der Waals surface area contributed by atoms with Crippen molar-refractivity contribution in [2.24, 2.45) is 24.6 Å². The lowest BCUT2D eigenvalue weighted by Gasteiger charge is -2.19. The summed E-state index contributed by atoms with van der Waals surface area (Å²) < 4.78 is 1.97. The normalized spacial score (nSPS) is 12.9. The second-order valence-corrected chi connectivity index (χ2v) is 5.61. The minimum absolute atomic E-state index is 0.339. The van der Waals surface area contributed by atoms with Gasteiger partial charge in [0.1, 0.15) is 11.6 Å². The van der Waals surface area contributed by atoms with Crippen LogP contribution in [0.15, 0.2) is 12.4 Å². The van der Waals surface area contributed by atoms with Gasteiger partial charge in [-0.2, -0.15) is 0 Å². The van der Waals surface area contributed by atoms with E-state index in [2.05, 4.69) is 18.8 Å². The van der Waals surface area contributed by atoms with Crippen molar-refractivity contribution in [2.45, 2.75) is 46.0 Å². The molecule has 0 fully saturated rings. The number of carbonyl (C=O) groups is 1. The van der Waals surface area contributed by atoms with E-state index in [0.717, 1.165) is 25.1 Å². The first-order valence-electron chi connectivity index (χ1n) is 7.22. The van der Waals surface area contributed by atoms with Gasteiger partial charge < -0.3 is 10.3 Å². The Bertz CT molecular complexity index is 384. The molecular formula is C15H27N3O. The molecule has 0 saturated carbocycles. The highest BCUT2D eigenvalue weighted by molar-refractivity contribution is 5.78. The molecule has 0 aromatic carbocycles. The minimum atomic E-state index is 0.339. The Hall–Kier alpha value is -1.16. The average molecular weight is 265 g/mol. The fourth-order valence-electron chi connectivity index (χ4n) is 2.39. The van der Waals surface area contributed by atoms with Crippen molar-refractivity contribution < 1.29 is 4.79 Å². The number of hydrogen-bond donors (Lipinski definition) is 1. The van der Waals surface area contributed by atoms with Gasteiger partial charge in [0.2, 0.25) is 0 Å². The summed E-state index contributed by atoms with van der Waals surface area (Å²) in [6.07, 6.45) is 7.68. The lowest BCUT2D eigenvalue weighted by atomic mass is 9.87. The Morgan fingerprint density at radius 2 is 2.11 bits per heavy atom. The van der Waals surface area contributed by atoms with Crippen molar-refractivity contribution in [3.63, 3.8) is 0 Å². The van der Waals surface area contributed by atoms with Gasteiger partial charge in [0.25, 0.3) is 0 Å². The summed E-state index contributed by atoms with van der Waals surface area (Å²) in [7, 11) is 1.96. The third-order valence-electron chi connectivity index (χ3n) is 3.82. The summed E-state index contributed by atoms with van der Waals surface area (Å²) in [5.41, 5.74) is 5.62. The lowest BCUT2D eigenvalue weighted by Crippen LogP contribution is -2.16. The number of hydrogen-bond acceptors (Lipinski definition) is 3. The third kappa shape index (κ3) is 5.55. The number of imidazole rings is 1. The van der Waals surface area contributed by atoms with E-state index in [1.165, 1.54) is 0 Å². The van der Waals surface area contributed by atoms with Crippen molar-refractivity contribution in [3.05, 3.63) is 18.2 Å². The molecule has 0 aliphatic carbocycles. The quantitative estimate of drug-likeness (QED) is 0.745. The maximum Gasteiger partial charge on any atom is 0.133 e. The minimum Gasteiger partial charge on any atom is -0.338 e. The van der Waals surface area contributed by atoms with Crippen LogP contribution in [0.1, 0.15) is 45.4 Å². The van der Waals surface area contributed by atoms with Crippen LogP contribution in [0.25, 0.3) is 0 Å². The van der Waals surface area contributed by atoms with Gasteiger partial charge in [0.05, 0.1) is 0 Å². The van der Waals surface area contributed by atoms with E-state index in [-0.39, 0.29) is 0 Å². The van der Waals surface area contributed by atoms with E-state index >= 15 is 0 Å². The molecule has 2 N–H and O–H groups in total. The van der Waals surface area contributed by atoms with Gasteiger partial charge >= 0.3 is 0 Å². The zero-order valence-electron chi connectivity index (χ0n) is 12.4. The van der Waals surface area contributed by atoms with E-state index in [4.69, 9.17) is 5.73 Å². The van der Waals surface area contributed by atoms with E-state index in [1.54, 1.807) is 6.20 Å². The zero-order chi connectivity index (χ0) is 14.3. The molecule has 1 aromatic heterocycles. The lowest BCUT2D eigenvalue weighted by molar-refractivity contribution is -0.119. The maximum absolute atomic E-state index is 11.9. The number of ketones is 1. The number of aryl methyl sites for hydroxylation is 2. The Balaban J connectivity index is 2.29. The topological polar surface area (TPSA) is 60.9 Å². The van der Waals surface area contributed by atoms with Crippen LogP contribution >= 0.6 is 0 Å².